The Morgan fingerprint density at radius 1 is 0.960 bits per heavy atom. The summed E-state index contributed by atoms with van der Waals surface area (Å²) in [5.41, 5.74) is 1.19. The van der Waals surface area contributed by atoms with Gasteiger partial charge in [-0.3, -0.25) is 9.59 Å². The van der Waals surface area contributed by atoms with Crippen LogP contribution in [0.4, 0.5) is 17.1 Å². The average Bonchev–Trinajstić information content (AvgIpc) is 3.02. The molecule has 0 fully saturated rings. The lowest BCUT2D eigenvalue weighted by molar-refractivity contribution is -0.126. The monoisotopic (exact) mass is 357 g/mol. The van der Waals surface area contributed by atoms with Crippen LogP contribution in [0.3, 0.4) is 0 Å². The summed E-state index contributed by atoms with van der Waals surface area (Å²) >= 11 is 6.13. The van der Waals surface area contributed by atoms with Crippen LogP contribution in [0.1, 0.15) is 12.0 Å². The van der Waals surface area contributed by atoms with Crippen LogP contribution in [0.2, 0.25) is 5.02 Å². The first-order chi connectivity index (χ1) is 12.0. The number of fused-ring (bicyclic) bond motifs is 4. The molecule has 3 heterocycles. The van der Waals surface area contributed by atoms with Crippen molar-refractivity contribution in [1.82, 2.24) is 0 Å². The van der Waals surface area contributed by atoms with Crippen LogP contribution in [-0.4, -0.2) is 18.6 Å². The number of anilines is 3. The zero-order valence-corrected chi connectivity index (χ0v) is 13.6. The molecule has 126 valence electrons. The van der Waals surface area contributed by atoms with E-state index in [-0.39, 0.29) is 25.0 Å². The lowest BCUT2D eigenvalue weighted by atomic mass is 9.80. The molecule has 3 aliphatic rings. The summed E-state index contributed by atoms with van der Waals surface area (Å²) in [7, 11) is 0. The van der Waals surface area contributed by atoms with Gasteiger partial charge in [-0.2, -0.15) is 0 Å². The van der Waals surface area contributed by atoms with Crippen molar-refractivity contribution < 1.29 is 19.1 Å². The molecule has 0 saturated carbocycles. The molecular formula is C17H12ClN3O4. The summed E-state index contributed by atoms with van der Waals surface area (Å²) in [5, 5.41) is 9.38. The fourth-order valence-corrected chi connectivity index (χ4v) is 3.66. The van der Waals surface area contributed by atoms with Crippen LogP contribution in [-0.2, 0) is 15.1 Å². The van der Waals surface area contributed by atoms with E-state index in [2.05, 4.69) is 16.0 Å². The highest BCUT2D eigenvalue weighted by Gasteiger charge is 2.49. The molecule has 2 amide bonds. The number of hydrogen-bond acceptors (Lipinski definition) is 5. The first-order valence-electron chi connectivity index (χ1n) is 7.68. The van der Waals surface area contributed by atoms with Crippen molar-refractivity contribution in [3.8, 4) is 11.5 Å². The van der Waals surface area contributed by atoms with Crippen LogP contribution < -0.4 is 25.4 Å². The molecule has 3 N–H and O–H groups in total. The summed E-state index contributed by atoms with van der Waals surface area (Å²) < 4.78 is 10.7. The molecule has 0 aromatic heterocycles. The van der Waals surface area contributed by atoms with E-state index in [1.807, 2.05) is 0 Å². The Bertz CT molecular complexity index is 961. The van der Waals surface area contributed by atoms with Crippen molar-refractivity contribution in [2.75, 3.05) is 22.7 Å². The molecule has 0 radical (unpaired) electrons. The minimum absolute atomic E-state index is 0.0416. The minimum atomic E-state index is -1.23. The van der Waals surface area contributed by atoms with Crippen LogP contribution in [0.25, 0.3) is 0 Å². The standard InChI is InChI=1S/C17H12ClN3O4/c18-8-1-2-10-9(3-8)17(6-15(22)19-10)16(23)20-11-4-13-14(25-7-24-13)5-12(11)21-17/h1-5,21H,6-7H2,(H,19,22)(H,20,23). The number of halogens is 1. The zero-order chi connectivity index (χ0) is 17.2. The van der Waals surface area contributed by atoms with Gasteiger partial charge in [0.15, 0.2) is 17.0 Å². The minimum Gasteiger partial charge on any atom is -0.454 e. The van der Waals surface area contributed by atoms with Crippen molar-refractivity contribution in [2.45, 2.75) is 12.0 Å². The average molecular weight is 358 g/mol. The zero-order valence-electron chi connectivity index (χ0n) is 12.8. The van der Waals surface area contributed by atoms with Crippen molar-refractivity contribution in [1.29, 1.82) is 0 Å². The molecule has 0 aliphatic carbocycles. The number of ether oxygens (including phenoxy) is 2. The maximum absolute atomic E-state index is 13.0. The smallest absolute Gasteiger partial charge is 0.255 e. The van der Waals surface area contributed by atoms with E-state index in [0.29, 0.717) is 39.1 Å². The Morgan fingerprint density at radius 2 is 1.72 bits per heavy atom. The lowest BCUT2D eigenvalue weighted by Crippen LogP contribution is -2.54. The maximum Gasteiger partial charge on any atom is 0.255 e. The molecule has 3 aliphatic heterocycles. The quantitative estimate of drug-likeness (QED) is 0.674. The fourth-order valence-electron chi connectivity index (χ4n) is 3.49. The molecule has 1 unspecified atom stereocenters. The van der Waals surface area contributed by atoms with Gasteiger partial charge in [-0.05, 0) is 18.2 Å². The molecule has 5 rings (SSSR count). The third-order valence-electron chi connectivity index (χ3n) is 4.64. The molecule has 0 bridgehead atoms. The normalized spacial score (nSPS) is 22.6. The molecule has 2 aromatic rings. The largest absolute Gasteiger partial charge is 0.454 e. The summed E-state index contributed by atoms with van der Waals surface area (Å²) in [5.74, 6) is 0.588. The first-order valence-corrected chi connectivity index (χ1v) is 8.06. The number of amides is 2. The SMILES string of the molecule is O=C1CC2(Nc3cc4c(cc3NC2=O)OCO4)c2cc(Cl)ccc2N1. The molecule has 1 spiro atoms. The Labute approximate surface area is 147 Å². The van der Waals surface area contributed by atoms with E-state index in [1.165, 1.54) is 0 Å². The number of rotatable bonds is 0. The van der Waals surface area contributed by atoms with Crippen molar-refractivity contribution in [2.24, 2.45) is 0 Å². The number of carbonyl (C=O) groups excluding carboxylic acids is 2. The molecule has 2 aromatic carbocycles. The predicted molar refractivity (Wildman–Crippen MR) is 91.2 cm³/mol. The molecule has 7 nitrogen and oxygen atoms in total. The number of nitrogens with one attached hydrogen (secondary N) is 3. The Balaban J connectivity index is 1.69. The predicted octanol–water partition coefficient (Wildman–Crippen LogP) is 2.67. The van der Waals surface area contributed by atoms with E-state index in [4.69, 9.17) is 21.1 Å². The van der Waals surface area contributed by atoms with Gasteiger partial charge in [-0.1, -0.05) is 11.6 Å². The molecular weight excluding hydrogens is 346 g/mol. The Kier molecular flexibility index (Phi) is 2.77. The first kappa shape index (κ1) is 14.4. The van der Waals surface area contributed by atoms with Gasteiger partial charge in [0.1, 0.15) is 0 Å². The fraction of sp³-hybridized carbons (Fsp3) is 0.176. The topological polar surface area (TPSA) is 88.7 Å². The van der Waals surface area contributed by atoms with Crippen molar-refractivity contribution in [3.05, 3.63) is 40.9 Å². The Hall–Kier alpha value is -2.93. The van der Waals surface area contributed by atoms with E-state index in [1.54, 1.807) is 30.3 Å². The van der Waals surface area contributed by atoms with Gasteiger partial charge in [0.2, 0.25) is 12.7 Å². The highest BCUT2D eigenvalue weighted by atomic mass is 35.5. The second kappa shape index (κ2) is 4.80. The molecule has 25 heavy (non-hydrogen) atoms. The summed E-state index contributed by atoms with van der Waals surface area (Å²) in [4.78, 5) is 25.2. The van der Waals surface area contributed by atoms with Crippen molar-refractivity contribution in [3.63, 3.8) is 0 Å². The summed E-state index contributed by atoms with van der Waals surface area (Å²) in [6.07, 6.45) is -0.0416. The second-order valence-corrected chi connectivity index (χ2v) is 6.59. The van der Waals surface area contributed by atoms with E-state index in [9.17, 15) is 9.59 Å². The second-order valence-electron chi connectivity index (χ2n) is 6.15. The molecule has 1 atom stereocenters. The summed E-state index contributed by atoms with van der Waals surface area (Å²) in [6.45, 7) is 0.137. The van der Waals surface area contributed by atoms with Crippen LogP contribution >= 0.6 is 11.6 Å². The van der Waals surface area contributed by atoms with Crippen molar-refractivity contribution >= 4 is 40.5 Å². The highest BCUT2D eigenvalue weighted by Crippen LogP contribution is 2.48. The van der Waals surface area contributed by atoms with Gasteiger partial charge >= 0.3 is 0 Å². The third kappa shape index (κ3) is 1.99. The van der Waals surface area contributed by atoms with E-state index < -0.39 is 5.54 Å². The van der Waals surface area contributed by atoms with Crippen LogP contribution in [0.15, 0.2) is 30.3 Å². The van der Waals surface area contributed by atoms with Gasteiger partial charge in [0, 0.05) is 28.4 Å². The molecule has 0 saturated heterocycles. The maximum atomic E-state index is 13.0. The number of hydrogen-bond donors (Lipinski definition) is 3. The Morgan fingerprint density at radius 3 is 2.52 bits per heavy atom. The van der Waals surface area contributed by atoms with Gasteiger partial charge in [-0.25, -0.2) is 0 Å². The highest BCUT2D eigenvalue weighted by molar-refractivity contribution is 6.31. The van der Waals surface area contributed by atoms with Gasteiger partial charge < -0.3 is 25.4 Å². The summed E-state index contributed by atoms with van der Waals surface area (Å²) in [6, 6.07) is 8.53. The van der Waals surface area contributed by atoms with Gasteiger partial charge in [-0.15, -0.1) is 0 Å². The van der Waals surface area contributed by atoms with Crippen LogP contribution in [0, 0.1) is 0 Å². The number of benzene rings is 2. The lowest BCUT2D eigenvalue weighted by Gasteiger charge is -2.42. The van der Waals surface area contributed by atoms with Gasteiger partial charge in [0.05, 0.1) is 17.8 Å². The third-order valence-corrected chi connectivity index (χ3v) is 4.87. The van der Waals surface area contributed by atoms with E-state index in [0.717, 1.165) is 0 Å². The van der Waals surface area contributed by atoms with E-state index >= 15 is 0 Å². The van der Waals surface area contributed by atoms with Crippen LogP contribution in [0.5, 0.6) is 11.5 Å². The molecule has 8 heteroatoms. The number of carbonyl (C=O) groups is 2. The van der Waals surface area contributed by atoms with Gasteiger partial charge in [0.25, 0.3) is 5.91 Å².